The van der Waals surface area contributed by atoms with Gasteiger partial charge in [0, 0.05) is 40.1 Å². The summed E-state index contributed by atoms with van der Waals surface area (Å²) in [5.74, 6) is -0.626. The molecule has 0 fully saturated rings. The maximum Gasteiger partial charge on any atom is 0.341 e. The first kappa shape index (κ1) is 23.9. The molecule has 0 aliphatic carbocycles. The summed E-state index contributed by atoms with van der Waals surface area (Å²) in [5.41, 5.74) is 6.14. The smallest absolute Gasteiger partial charge is 0.341 e. The van der Waals surface area contributed by atoms with Crippen LogP contribution in [0.4, 0.5) is 0 Å². The van der Waals surface area contributed by atoms with E-state index < -0.39 is 18.6 Å². The first-order chi connectivity index (χ1) is 17.4. The molecule has 7 heteroatoms. The van der Waals surface area contributed by atoms with Crippen LogP contribution in [0.2, 0.25) is 5.02 Å². The van der Waals surface area contributed by atoms with Crippen molar-refractivity contribution >= 4 is 34.4 Å². The van der Waals surface area contributed by atoms with E-state index in [0.717, 1.165) is 39.7 Å². The molecule has 6 nitrogen and oxygen atoms in total. The molecule has 0 radical (unpaired) electrons. The van der Waals surface area contributed by atoms with Gasteiger partial charge in [-0.15, -0.1) is 0 Å². The van der Waals surface area contributed by atoms with Crippen LogP contribution in [-0.2, 0) is 22.4 Å². The number of amides is 1. The number of hydrogen-bond acceptors (Lipinski definition) is 3. The van der Waals surface area contributed by atoms with Gasteiger partial charge in [-0.1, -0.05) is 54.1 Å². The van der Waals surface area contributed by atoms with Crippen LogP contribution in [0.15, 0.2) is 66.7 Å². The number of hydrogen-bond donors (Lipinski definition) is 2. The molecule has 1 aliphatic rings. The van der Waals surface area contributed by atoms with Gasteiger partial charge in [0.05, 0.1) is 6.04 Å². The highest BCUT2D eigenvalue weighted by Gasteiger charge is 2.34. The Balaban J connectivity index is 1.49. The minimum Gasteiger partial charge on any atom is -0.482 e. The van der Waals surface area contributed by atoms with E-state index in [0.29, 0.717) is 35.7 Å². The third kappa shape index (κ3) is 4.69. The number of carboxylic acid groups (broad SMARTS) is 1. The molecule has 2 N–H and O–H groups in total. The van der Waals surface area contributed by atoms with Gasteiger partial charge < -0.3 is 19.7 Å². The number of nitrogens with zero attached hydrogens (tertiary/aromatic N) is 1. The van der Waals surface area contributed by atoms with Crippen molar-refractivity contribution in [3.8, 4) is 5.75 Å². The largest absolute Gasteiger partial charge is 0.482 e. The van der Waals surface area contributed by atoms with E-state index in [9.17, 15) is 9.59 Å². The molecule has 2 heterocycles. The minimum absolute atomic E-state index is 0.0309. The number of carboxylic acids is 1. The topological polar surface area (TPSA) is 82.6 Å². The van der Waals surface area contributed by atoms with Gasteiger partial charge in [0.1, 0.15) is 5.75 Å². The molecule has 1 aliphatic heterocycles. The van der Waals surface area contributed by atoms with Gasteiger partial charge in [-0.3, -0.25) is 4.79 Å². The molecule has 1 unspecified atom stereocenters. The molecule has 1 atom stereocenters. The van der Waals surface area contributed by atoms with E-state index in [4.69, 9.17) is 21.4 Å². The van der Waals surface area contributed by atoms with Crippen LogP contribution < -0.4 is 4.74 Å². The predicted octanol–water partition coefficient (Wildman–Crippen LogP) is 5.70. The number of H-pyrrole nitrogens is 1. The molecule has 3 aromatic carbocycles. The average Bonchev–Trinajstić information content (AvgIpc) is 3.20. The number of rotatable bonds is 7. The molecule has 0 bridgehead atoms. The summed E-state index contributed by atoms with van der Waals surface area (Å²) in [7, 11) is 0. The van der Waals surface area contributed by atoms with Crippen molar-refractivity contribution in [2.24, 2.45) is 0 Å². The maximum absolute atomic E-state index is 13.7. The molecular weight excluding hydrogens is 476 g/mol. The highest BCUT2D eigenvalue weighted by Crippen LogP contribution is 2.41. The van der Waals surface area contributed by atoms with Gasteiger partial charge in [0.2, 0.25) is 5.91 Å². The number of carbonyl (C=O) groups is 2. The van der Waals surface area contributed by atoms with Crippen molar-refractivity contribution in [2.75, 3.05) is 13.2 Å². The van der Waals surface area contributed by atoms with E-state index >= 15 is 0 Å². The maximum atomic E-state index is 13.7. The highest BCUT2D eigenvalue weighted by molar-refractivity contribution is 6.30. The Morgan fingerprint density at radius 3 is 2.69 bits per heavy atom. The number of carbonyl (C=O) groups excluding carboxylic acids is 1. The number of aromatic amines is 1. The third-order valence-corrected chi connectivity index (χ3v) is 7.07. The minimum atomic E-state index is -1.07. The molecule has 1 amide bonds. The zero-order valence-corrected chi connectivity index (χ0v) is 20.7. The molecule has 0 saturated carbocycles. The van der Waals surface area contributed by atoms with Gasteiger partial charge in [-0.25, -0.2) is 4.79 Å². The normalized spacial score (nSPS) is 15.1. The number of aromatic nitrogens is 1. The molecule has 184 valence electrons. The second-order valence-electron chi connectivity index (χ2n) is 9.08. The number of benzene rings is 3. The van der Waals surface area contributed by atoms with Crippen molar-refractivity contribution in [1.82, 2.24) is 9.88 Å². The van der Waals surface area contributed by atoms with Crippen molar-refractivity contribution in [3.05, 3.63) is 99.7 Å². The van der Waals surface area contributed by atoms with Crippen LogP contribution in [-0.4, -0.2) is 40.0 Å². The van der Waals surface area contributed by atoms with E-state index in [1.54, 1.807) is 18.2 Å². The van der Waals surface area contributed by atoms with Crippen LogP contribution in [0, 0.1) is 6.92 Å². The van der Waals surface area contributed by atoms with Crippen LogP contribution in [0.5, 0.6) is 5.75 Å². The lowest BCUT2D eigenvalue weighted by atomic mass is 9.87. The zero-order chi connectivity index (χ0) is 25.2. The number of fused-ring (bicyclic) bond motifs is 2. The Morgan fingerprint density at radius 2 is 1.86 bits per heavy atom. The zero-order valence-electron chi connectivity index (χ0n) is 20.0. The van der Waals surface area contributed by atoms with E-state index in [2.05, 4.69) is 17.1 Å². The van der Waals surface area contributed by atoms with E-state index in [1.165, 1.54) is 0 Å². The number of ether oxygens (including phenoxy) is 1. The van der Waals surface area contributed by atoms with Crippen molar-refractivity contribution in [2.45, 2.75) is 32.2 Å². The molecule has 36 heavy (non-hydrogen) atoms. The van der Waals surface area contributed by atoms with Crippen LogP contribution in [0.1, 0.15) is 40.4 Å². The lowest BCUT2D eigenvalue weighted by Gasteiger charge is -2.38. The van der Waals surface area contributed by atoms with Crippen molar-refractivity contribution in [3.63, 3.8) is 0 Å². The highest BCUT2D eigenvalue weighted by atomic mass is 35.5. The standard InChI is InChI=1S/C29H27ClN2O4/c1-18-21(23-8-4-5-9-25(23)31-18)11-13-27(33)32-15-14-19-6-2-3-7-22(19)29(32)24-16-20(30)10-12-26(24)36-17-28(34)35/h2-10,12,16,29,31H,11,13-15,17H2,1H3,(H,34,35). The second kappa shape index (κ2) is 10.1. The fraction of sp³-hybridized carbons (Fsp3) is 0.241. The fourth-order valence-electron chi connectivity index (χ4n) is 5.21. The molecule has 1 aromatic heterocycles. The first-order valence-electron chi connectivity index (χ1n) is 12.0. The summed E-state index contributed by atoms with van der Waals surface area (Å²) in [5, 5.41) is 10.8. The second-order valence-corrected chi connectivity index (χ2v) is 9.51. The van der Waals surface area contributed by atoms with E-state index in [1.807, 2.05) is 48.2 Å². The number of nitrogens with one attached hydrogen (secondary N) is 1. The summed E-state index contributed by atoms with van der Waals surface area (Å²) >= 11 is 6.38. The Morgan fingerprint density at radius 1 is 1.08 bits per heavy atom. The molecule has 4 aromatic rings. The average molecular weight is 503 g/mol. The number of halogens is 1. The summed E-state index contributed by atoms with van der Waals surface area (Å²) in [6, 6.07) is 20.9. The van der Waals surface area contributed by atoms with Gasteiger partial charge in [-0.2, -0.15) is 0 Å². The molecule has 5 rings (SSSR count). The fourth-order valence-corrected chi connectivity index (χ4v) is 5.39. The lowest BCUT2D eigenvalue weighted by Crippen LogP contribution is -2.41. The first-order valence-corrected chi connectivity index (χ1v) is 12.4. The van der Waals surface area contributed by atoms with Crippen molar-refractivity contribution in [1.29, 1.82) is 0 Å². The van der Waals surface area contributed by atoms with E-state index in [-0.39, 0.29) is 5.91 Å². The molecule has 0 spiro atoms. The Bertz CT molecular complexity index is 1440. The van der Waals surface area contributed by atoms with Gasteiger partial charge in [0.15, 0.2) is 6.61 Å². The SMILES string of the molecule is Cc1[nH]c2ccccc2c1CCC(=O)N1CCc2ccccc2C1c1cc(Cl)ccc1OCC(=O)O. The van der Waals surface area contributed by atoms with Gasteiger partial charge in [-0.05, 0) is 60.7 Å². The van der Waals surface area contributed by atoms with Crippen molar-refractivity contribution < 1.29 is 19.4 Å². The summed E-state index contributed by atoms with van der Waals surface area (Å²) in [6.45, 7) is 2.12. The number of aliphatic carboxylic acids is 1. The Hall–Kier alpha value is -3.77. The molecular formula is C29H27ClN2O4. The quantitative estimate of drug-likeness (QED) is 0.339. The summed E-state index contributed by atoms with van der Waals surface area (Å²) in [4.78, 5) is 30.2. The van der Waals surface area contributed by atoms with Crippen LogP contribution >= 0.6 is 11.6 Å². The van der Waals surface area contributed by atoms with Crippen LogP contribution in [0.3, 0.4) is 0 Å². The summed E-state index contributed by atoms with van der Waals surface area (Å²) in [6.07, 6.45) is 1.72. The molecule has 0 saturated heterocycles. The number of para-hydroxylation sites is 1. The number of aryl methyl sites for hydroxylation is 2. The Kier molecular flexibility index (Phi) is 6.70. The van der Waals surface area contributed by atoms with Crippen LogP contribution in [0.25, 0.3) is 10.9 Å². The summed E-state index contributed by atoms with van der Waals surface area (Å²) < 4.78 is 5.63. The Labute approximate surface area is 214 Å². The van der Waals surface area contributed by atoms with Gasteiger partial charge >= 0.3 is 5.97 Å². The predicted molar refractivity (Wildman–Crippen MR) is 140 cm³/mol. The monoisotopic (exact) mass is 502 g/mol. The third-order valence-electron chi connectivity index (χ3n) is 6.84. The van der Waals surface area contributed by atoms with Gasteiger partial charge in [0.25, 0.3) is 0 Å². The lowest BCUT2D eigenvalue weighted by molar-refractivity contribution is -0.139.